The minimum atomic E-state index is -0.456. The zero-order chi connectivity index (χ0) is 21.8. The van der Waals surface area contributed by atoms with Gasteiger partial charge in [-0.3, -0.25) is 4.79 Å². The van der Waals surface area contributed by atoms with Crippen molar-refractivity contribution in [2.75, 3.05) is 12.4 Å². The van der Waals surface area contributed by atoms with Crippen LogP contribution in [0.5, 0.6) is 5.75 Å². The molecule has 0 unspecified atom stereocenters. The van der Waals surface area contributed by atoms with Gasteiger partial charge in [0.15, 0.2) is 0 Å². The molecule has 0 atom stereocenters. The largest absolute Gasteiger partial charge is 0.495 e. The van der Waals surface area contributed by atoms with Crippen LogP contribution in [0.3, 0.4) is 0 Å². The first kappa shape index (κ1) is 20.0. The van der Waals surface area contributed by atoms with E-state index in [1.54, 1.807) is 13.2 Å². The average Bonchev–Trinajstić information content (AvgIpc) is 3.18. The Labute approximate surface area is 180 Å². The summed E-state index contributed by atoms with van der Waals surface area (Å²) in [6.07, 6.45) is 1.63. The molecule has 0 aliphatic rings. The van der Waals surface area contributed by atoms with Gasteiger partial charge in [-0.1, -0.05) is 60.2 Å². The van der Waals surface area contributed by atoms with E-state index in [2.05, 4.69) is 10.3 Å². The number of carbonyl (C=O) groups excluding carboxylic acids is 1. The highest BCUT2D eigenvalue weighted by atomic mass is 16.5. The molecule has 1 aromatic heterocycles. The summed E-state index contributed by atoms with van der Waals surface area (Å²) in [5, 5.41) is 13.4. The predicted molar refractivity (Wildman–Crippen MR) is 124 cm³/mol. The minimum Gasteiger partial charge on any atom is -0.495 e. The van der Waals surface area contributed by atoms with Crippen LogP contribution < -0.4 is 10.1 Å². The van der Waals surface area contributed by atoms with Gasteiger partial charge < -0.3 is 15.0 Å². The summed E-state index contributed by atoms with van der Waals surface area (Å²) >= 11 is 0. The molecule has 31 heavy (non-hydrogen) atoms. The molecule has 0 bridgehead atoms. The van der Waals surface area contributed by atoms with E-state index < -0.39 is 5.91 Å². The standard InChI is InChI=1S/C26H21N3O2/c1-17-11-13-20(14-12-17)28-26(30)19(16-27)15-22-21-9-6-10-23(31-2)25(21)29-24(22)18-7-4-3-5-8-18/h3-15,29H,1-2H3,(H,28,30)/b19-15+. The van der Waals surface area contributed by atoms with Crippen LogP contribution in [-0.2, 0) is 4.79 Å². The Morgan fingerprint density at radius 1 is 1.03 bits per heavy atom. The second-order valence-electron chi connectivity index (χ2n) is 7.15. The summed E-state index contributed by atoms with van der Waals surface area (Å²) < 4.78 is 5.50. The van der Waals surface area contributed by atoms with Crippen molar-refractivity contribution >= 4 is 28.6 Å². The lowest BCUT2D eigenvalue weighted by Gasteiger charge is -2.06. The maximum absolute atomic E-state index is 12.8. The maximum atomic E-state index is 12.8. The number of carbonyl (C=O) groups is 1. The first-order chi connectivity index (χ1) is 15.1. The van der Waals surface area contributed by atoms with E-state index in [9.17, 15) is 10.1 Å². The number of rotatable bonds is 5. The highest BCUT2D eigenvalue weighted by molar-refractivity contribution is 6.12. The van der Waals surface area contributed by atoms with Gasteiger partial charge >= 0.3 is 0 Å². The van der Waals surface area contributed by atoms with Crippen molar-refractivity contribution in [1.29, 1.82) is 5.26 Å². The summed E-state index contributed by atoms with van der Waals surface area (Å²) in [4.78, 5) is 16.2. The van der Waals surface area contributed by atoms with Crippen molar-refractivity contribution in [1.82, 2.24) is 4.98 Å². The number of fused-ring (bicyclic) bond motifs is 1. The third kappa shape index (κ3) is 4.05. The summed E-state index contributed by atoms with van der Waals surface area (Å²) in [7, 11) is 1.61. The molecule has 0 saturated carbocycles. The van der Waals surface area contributed by atoms with Crippen LogP contribution in [0, 0.1) is 18.3 Å². The Hall–Kier alpha value is -4.30. The Morgan fingerprint density at radius 2 is 1.77 bits per heavy atom. The smallest absolute Gasteiger partial charge is 0.266 e. The van der Waals surface area contributed by atoms with Gasteiger partial charge in [-0.05, 0) is 36.8 Å². The van der Waals surface area contributed by atoms with E-state index in [0.717, 1.165) is 33.3 Å². The van der Waals surface area contributed by atoms with Gasteiger partial charge in [0.25, 0.3) is 5.91 Å². The lowest BCUT2D eigenvalue weighted by atomic mass is 10.0. The predicted octanol–water partition coefficient (Wildman–Crippen LogP) is 5.70. The van der Waals surface area contributed by atoms with Crippen molar-refractivity contribution < 1.29 is 9.53 Å². The SMILES string of the molecule is COc1cccc2c(/C=C(\C#N)C(=O)Nc3ccc(C)cc3)c(-c3ccccc3)[nH]c12. The number of anilines is 1. The van der Waals surface area contributed by atoms with Gasteiger partial charge in [-0.15, -0.1) is 0 Å². The molecule has 3 aromatic carbocycles. The molecule has 0 radical (unpaired) electrons. The quantitative estimate of drug-likeness (QED) is 0.329. The molecule has 4 aromatic rings. The van der Waals surface area contributed by atoms with E-state index in [1.807, 2.05) is 85.8 Å². The van der Waals surface area contributed by atoms with Gasteiger partial charge in [-0.2, -0.15) is 5.26 Å². The van der Waals surface area contributed by atoms with Crippen LogP contribution in [-0.4, -0.2) is 18.0 Å². The third-order valence-corrected chi connectivity index (χ3v) is 5.08. The van der Waals surface area contributed by atoms with Gasteiger partial charge in [0.1, 0.15) is 17.4 Å². The van der Waals surface area contributed by atoms with Crippen molar-refractivity contribution in [2.45, 2.75) is 6.92 Å². The summed E-state index contributed by atoms with van der Waals surface area (Å²) in [5.74, 6) is 0.236. The number of ether oxygens (including phenoxy) is 1. The van der Waals surface area contributed by atoms with E-state index in [4.69, 9.17) is 4.74 Å². The topological polar surface area (TPSA) is 77.9 Å². The average molecular weight is 407 g/mol. The monoisotopic (exact) mass is 407 g/mol. The lowest BCUT2D eigenvalue weighted by molar-refractivity contribution is -0.112. The molecular formula is C26H21N3O2. The van der Waals surface area contributed by atoms with E-state index in [0.29, 0.717) is 11.4 Å². The number of aromatic amines is 1. The Morgan fingerprint density at radius 3 is 2.45 bits per heavy atom. The Kier molecular flexibility index (Phi) is 5.55. The number of benzene rings is 3. The number of methoxy groups -OCH3 is 1. The van der Waals surface area contributed by atoms with E-state index in [-0.39, 0.29) is 5.57 Å². The Balaban J connectivity index is 1.83. The first-order valence-corrected chi connectivity index (χ1v) is 9.84. The molecule has 1 amide bonds. The first-order valence-electron chi connectivity index (χ1n) is 9.84. The molecule has 0 fully saturated rings. The van der Waals surface area contributed by atoms with Gasteiger partial charge in [0, 0.05) is 16.6 Å². The number of nitriles is 1. The number of amides is 1. The van der Waals surface area contributed by atoms with Gasteiger partial charge in [0.2, 0.25) is 0 Å². The van der Waals surface area contributed by atoms with Crippen LogP contribution in [0.15, 0.2) is 78.4 Å². The normalized spacial score (nSPS) is 11.2. The van der Waals surface area contributed by atoms with Crippen molar-refractivity contribution in [3.63, 3.8) is 0 Å². The second kappa shape index (κ2) is 8.60. The number of aromatic nitrogens is 1. The van der Waals surface area contributed by atoms with E-state index >= 15 is 0 Å². The fraction of sp³-hybridized carbons (Fsp3) is 0.0769. The fourth-order valence-electron chi connectivity index (χ4n) is 3.49. The summed E-state index contributed by atoms with van der Waals surface area (Å²) in [6, 6.07) is 25.0. The lowest BCUT2D eigenvalue weighted by Crippen LogP contribution is -2.13. The van der Waals surface area contributed by atoms with Crippen molar-refractivity contribution in [3.8, 4) is 23.1 Å². The molecule has 0 aliphatic heterocycles. The third-order valence-electron chi connectivity index (χ3n) is 5.08. The van der Waals surface area contributed by atoms with Crippen molar-refractivity contribution in [2.24, 2.45) is 0 Å². The number of hydrogen-bond acceptors (Lipinski definition) is 3. The van der Waals surface area contributed by atoms with E-state index in [1.165, 1.54) is 0 Å². The summed E-state index contributed by atoms with van der Waals surface area (Å²) in [6.45, 7) is 1.97. The molecule has 2 N–H and O–H groups in total. The molecule has 0 aliphatic carbocycles. The zero-order valence-electron chi connectivity index (χ0n) is 17.3. The molecule has 5 heteroatoms. The highest BCUT2D eigenvalue weighted by Gasteiger charge is 2.17. The Bertz CT molecular complexity index is 1310. The zero-order valence-corrected chi connectivity index (χ0v) is 17.3. The minimum absolute atomic E-state index is 0.0153. The van der Waals surface area contributed by atoms with Crippen LogP contribution in [0.2, 0.25) is 0 Å². The van der Waals surface area contributed by atoms with Crippen LogP contribution in [0.25, 0.3) is 28.2 Å². The summed E-state index contributed by atoms with van der Waals surface area (Å²) in [5.41, 5.74) is 5.08. The van der Waals surface area contributed by atoms with Crippen LogP contribution in [0.1, 0.15) is 11.1 Å². The van der Waals surface area contributed by atoms with Crippen LogP contribution >= 0.6 is 0 Å². The highest BCUT2D eigenvalue weighted by Crippen LogP contribution is 2.36. The molecule has 4 rings (SSSR count). The molecular weight excluding hydrogens is 386 g/mol. The number of para-hydroxylation sites is 1. The number of aryl methyl sites for hydroxylation is 1. The number of H-pyrrole nitrogens is 1. The molecule has 1 heterocycles. The number of nitrogens with zero attached hydrogens (tertiary/aromatic N) is 1. The van der Waals surface area contributed by atoms with Crippen molar-refractivity contribution in [3.05, 3.63) is 89.5 Å². The maximum Gasteiger partial charge on any atom is 0.266 e. The molecule has 152 valence electrons. The molecule has 0 spiro atoms. The number of nitrogens with one attached hydrogen (secondary N) is 2. The molecule has 0 saturated heterocycles. The van der Waals surface area contributed by atoms with Gasteiger partial charge in [0.05, 0.1) is 18.3 Å². The van der Waals surface area contributed by atoms with Crippen LogP contribution in [0.4, 0.5) is 5.69 Å². The fourth-order valence-corrected chi connectivity index (χ4v) is 3.49. The van der Waals surface area contributed by atoms with Gasteiger partial charge in [-0.25, -0.2) is 0 Å². The second-order valence-corrected chi connectivity index (χ2v) is 7.15. The molecule has 5 nitrogen and oxygen atoms in total. The number of hydrogen-bond donors (Lipinski definition) is 2.